The third-order valence-corrected chi connectivity index (χ3v) is 8.17. The maximum absolute atomic E-state index is 12.3. The summed E-state index contributed by atoms with van der Waals surface area (Å²) < 4.78 is 10.9. The van der Waals surface area contributed by atoms with Gasteiger partial charge < -0.3 is 9.47 Å². The average molecular weight is 701 g/mol. The summed E-state index contributed by atoms with van der Waals surface area (Å²) in [5.41, 5.74) is 0. The molecule has 0 radical (unpaired) electrons. The number of esters is 2. The van der Waals surface area contributed by atoms with Crippen molar-refractivity contribution in [3.63, 3.8) is 0 Å². The van der Waals surface area contributed by atoms with Gasteiger partial charge in [0.2, 0.25) is 0 Å². The molecule has 0 aromatic carbocycles. The average Bonchev–Trinajstić information content (AvgIpc) is 3.04. The predicted molar refractivity (Wildman–Crippen MR) is 212 cm³/mol. The normalized spacial score (nSPS) is 11.2. The Hall–Kier alpha value is -1.33. The molecule has 0 aliphatic carbocycles. The third-order valence-electron chi connectivity index (χ3n) is 8.17. The van der Waals surface area contributed by atoms with E-state index in [9.17, 15) is 9.59 Å². The highest BCUT2D eigenvalue weighted by atomic mass is 35.5. The van der Waals surface area contributed by atoms with Crippen LogP contribution >= 0.6 is 12.4 Å². The van der Waals surface area contributed by atoms with Gasteiger partial charge in [-0.3, -0.25) is 9.59 Å². The van der Waals surface area contributed by atoms with E-state index in [0.717, 1.165) is 51.4 Å². The van der Waals surface area contributed by atoms with Gasteiger partial charge in [-0.15, -0.1) is 12.4 Å². The zero-order chi connectivity index (χ0) is 35.1. The molecule has 0 N–H and O–H groups in total. The van der Waals surface area contributed by atoms with Crippen LogP contribution in [-0.2, 0) is 19.1 Å². The molecular weight excluding hydrogens is 618 g/mol. The van der Waals surface area contributed by atoms with E-state index in [-0.39, 0.29) is 24.3 Å². The molecule has 0 fully saturated rings. The van der Waals surface area contributed by atoms with Crippen LogP contribution in [0.5, 0.6) is 0 Å². The van der Waals surface area contributed by atoms with Crippen LogP contribution < -0.4 is 0 Å². The molecule has 0 heterocycles. The monoisotopic (exact) mass is 700 g/mol. The number of carbonyl (C=O) groups is 2. The number of allylic oxidation sites excluding steroid dienone is 4. The Balaban J connectivity index is -0.00000486. The fourth-order valence-corrected chi connectivity index (χ4v) is 5.26. The van der Waals surface area contributed by atoms with Crippen LogP contribution in [0.15, 0.2) is 24.3 Å². The van der Waals surface area contributed by atoms with E-state index in [2.05, 4.69) is 52.0 Å². The first kappa shape index (κ1) is 51.0. The van der Waals surface area contributed by atoms with Gasteiger partial charge in [0.05, 0.1) is 0 Å². The van der Waals surface area contributed by atoms with Gasteiger partial charge in [0.1, 0.15) is 0 Å². The molecule has 5 nitrogen and oxygen atoms in total. The number of carbonyl (C=O) groups excluding carboxylic acids is 2. The molecule has 0 unspecified atom stereocenters. The number of halogens is 1. The van der Waals surface area contributed by atoms with E-state index >= 15 is 0 Å². The summed E-state index contributed by atoms with van der Waals surface area (Å²) in [6, 6.07) is 0. The zero-order valence-electron chi connectivity index (χ0n) is 32.9. The first-order valence-corrected chi connectivity index (χ1v) is 20.3. The Morgan fingerprint density at radius 3 is 0.979 bits per heavy atom. The number of hydrogen-bond donors (Lipinski definition) is 0. The van der Waals surface area contributed by atoms with Crippen molar-refractivity contribution in [1.82, 2.24) is 4.90 Å². The Morgan fingerprint density at radius 2 is 0.708 bits per heavy atom. The van der Waals surface area contributed by atoms with Gasteiger partial charge in [0.15, 0.2) is 0 Å². The fraction of sp³-hybridized carbons (Fsp3) is 0.857. The molecule has 0 bridgehead atoms. The summed E-state index contributed by atoms with van der Waals surface area (Å²) >= 11 is 0. The number of nitrogens with zero attached hydrogens (tertiary/aromatic N) is 1. The molecule has 286 valence electrons. The van der Waals surface area contributed by atoms with Gasteiger partial charge >= 0.3 is 18.4 Å². The van der Waals surface area contributed by atoms with Crippen LogP contribution in [0.1, 0.15) is 214 Å². The molecule has 0 aliphatic heterocycles. The van der Waals surface area contributed by atoms with Crippen molar-refractivity contribution in [1.29, 1.82) is 0 Å². The molecule has 0 rings (SSSR count). The molecular formula is C42H82ClNO4. The van der Waals surface area contributed by atoms with E-state index in [1.165, 1.54) is 122 Å². The van der Waals surface area contributed by atoms with Crippen molar-refractivity contribution >= 4 is 24.3 Å². The summed E-state index contributed by atoms with van der Waals surface area (Å²) in [7, 11) is 3.52. The minimum Gasteiger partial charge on any atom is -0.411 e. The topological polar surface area (TPSA) is 55.8 Å². The Bertz CT molecular complexity index is 656. The maximum Gasteiger partial charge on any atom is 0.309 e. The number of unbranched alkanes of at least 4 members (excludes halogenated alkanes) is 22. The molecule has 0 aromatic rings. The molecule has 0 saturated heterocycles. The predicted octanol–water partition coefficient (Wildman–Crippen LogP) is 13.8. The van der Waals surface area contributed by atoms with Gasteiger partial charge in [-0.2, -0.15) is 0 Å². The Kier molecular flexibility index (Phi) is 46.5. The van der Waals surface area contributed by atoms with Crippen molar-refractivity contribution < 1.29 is 19.1 Å². The van der Waals surface area contributed by atoms with E-state index in [4.69, 9.17) is 9.47 Å². The van der Waals surface area contributed by atoms with Gasteiger partial charge in [0, 0.05) is 12.8 Å². The summed E-state index contributed by atoms with van der Waals surface area (Å²) in [6.07, 6.45) is 42.3. The minimum absolute atomic E-state index is 0. The summed E-state index contributed by atoms with van der Waals surface area (Å²) in [6.45, 7) is 8.78. The smallest absolute Gasteiger partial charge is 0.309 e. The highest BCUT2D eigenvalue weighted by molar-refractivity contribution is 5.85. The number of ether oxygens (including phenoxy) is 2. The van der Waals surface area contributed by atoms with Crippen LogP contribution in [0, 0.1) is 0 Å². The summed E-state index contributed by atoms with van der Waals surface area (Å²) in [5, 5.41) is 0. The third kappa shape index (κ3) is 42.7. The molecule has 0 saturated carbocycles. The van der Waals surface area contributed by atoms with Crippen LogP contribution in [0.25, 0.3) is 0 Å². The van der Waals surface area contributed by atoms with E-state index in [1.54, 1.807) is 19.0 Å². The quantitative estimate of drug-likeness (QED) is 0.0295. The second-order valence-electron chi connectivity index (χ2n) is 13.6. The standard InChI is InChI=1S/C39H73NO4.C3H8.ClH/c1-5-7-9-11-13-15-17-19-21-23-25-27-29-31-33-35-37(41)43-39(40(3)4)44-38(42)36-34-32-30-28-26-24-22-20-18-16-14-12-10-8-6-2;1-3-2;/h19-22,39H,5-18,23-36H2,1-4H3;3H2,1-2H3;1H/b21-19-,22-20-;;. The van der Waals surface area contributed by atoms with Crippen LogP contribution in [0.2, 0.25) is 0 Å². The molecule has 0 atom stereocenters. The van der Waals surface area contributed by atoms with Crippen LogP contribution in [-0.4, -0.2) is 37.3 Å². The molecule has 0 aliphatic rings. The highest BCUT2D eigenvalue weighted by Gasteiger charge is 2.20. The molecule has 0 spiro atoms. The molecule has 0 aromatic heterocycles. The summed E-state index contributed by atoms with van der Waals surface area (Å²) in [5.74, 6) is -0.592. The van der Waals surface area contributed by atoms with Gasteiger partial charge in [-0.05, 0) is 78.3 Å². The van der Waals surface area contributed by atoms with Crippen molar-refractivity contribution in [3.8, 4) is 0 Å². The lowest BCUT2D eigenvalue weighted by Crippen LogP contribution is -2.37. The lowest BCUT2D eigenvalue weighted by Gasteiger charge is -2.23. The Labute approximate surface area is 306 Å². The van der Waals surface area contributed by atoms with Gasteiger partial charge in [0.25, 0.3) is 0 Å². The first-order chi connectivity index (χ1) is 22.9. The zero-order valence-corrected chi connectivity index (χ0v) is 33.7. The van der Waals surface area contributed by atoms with Crippen molar-refractivity contribution in [2.45, 2.75) is 220 Å². The van der Waals surface area contributed by atoms with E-state index < -0.39 is 6.41 Å². The SMILES string of the molecule is CCC.CCCCCCCC/C=C\CCCCCCCC(=O)OC(OC(=O)CCCCCCC/C=C\CCCCCCCC)N(C)C.Cl. The summed E-state index contributed by atoms with van der Waals surface area (Å²) in [4.78, 5) is 26.3. The van der Waals surface area contributed by atoms with Crippen molar-refractivity contribution in [2.24, 2.45) is 0 Å². The van der Waals surface area contributed by atoms with Gasteiger partial charge in [-0.1, -0.05) is 161 Å². The molecule has 6 heteroatoms. The van der Waals surface area contributed by atoms with E-state index in [1.807, 2.05) is 0 Å². The largest absolute Gasteiger partial charge is 0.411 e. The number of rotatable bonds is 33. The van der Waals surface area contributed by atoms with E-state index in [0.29, 0.717) is 12.8 Å². The minimum atomic E-state index is -0.943. The maximum atomic E-state index is 12.3. The van der Waals surface area contributed by atoms with Crippen molar-refractivity contribution in [2.75, 3.05) is 14.1 Å². The lowest BCUT2D eigenvalue weighted by molar-refractivity contribution is -0.215. The van der Waals surface area contributed by atoms with Crippen LogP contribution in [0.4, 0.5) is 0 Å². The molecule has 48 heavy (non-hydrogen) atoms. The molecule has 0 amide bonds. The van der Waals surface area contributed by atoms with Crippen LogP contribution in [0.3, 0.4) is 0 Å². The lowest BCUT2D eigenvalue weighted by atomic mass is 10.1. The fourth-order valence-electron chi connectivity index (χ4n) is 5.26. The first-order valence-electron chi connectivity index (χ1n) is 20.3. The number of hydrogen-bond acceptors (Lipinski definition) is 5. The van der Waals surface area contributed by atoms with Gasteiger partial charge in [-0.25, -0.2) is 4.90 Å². The Morgan fingerprint density at radius 1 is 0.458 bits per heavy atom. The second-order valence-corrected chi connectivity index (χ2v) is 13.6. The second kappa shape index (κ2) is 43.7. The van der Waals surface area contributed by atoms with Crippen molar-refractivity contribution in [3.05, 3.63) is 24.3 Å². The highest BCUT2D eigenvalue weighted by Crippen LogP contribution is 2.13.